The second kappa shape index (κ2) is 8.35. The van der Waals surface area contributed by atoms with E-state index in [0.29, 0.717) is 17.8 Å². The minimum Gasteiger partial charge on any atom is -0.350 e. The molecule has 0 fully saturated rings. The van der Waals surface area contributed by atoms with Gasteiger partial charge in [-0.1, -0.05) is 30.3 Å². The average Bonchev–Trinajstić information content (AvgIpc) is 2.96. The summed E-state index contributed by atoms with van der Waals surface area (Å²) in [5, 5.41) is 7.52. The van der Waals surface area contributed by atoms with Crippen molar-refractivity contribution in [3.05, 3.63) is 82.9 Å². The number of carbonyl (C=O) groups excluding carboxylic acids is 1. The highest BCUT2D eigenvalue weighted by molar-refractivity contribution is 5.96. The summed E-state index contributed by atoms with van der Waals surface area (Å²) in [6.07, 6.45) is 0. The Bertz CT molecular complexity index is 966. The molecule has 1 amide bonds. The standard InChI is InChI=1S/C22H25FN4O/c1-15-21(16(2)27(25-15)19-11-6-5-7-12-19)22(28)24-14-20(26(3)4)17-9-8-10-18(23)13-17/h5-13,20H,14H2,1-4H3,(H,24,28). The first-order valence-corrected chi connectivity index (χ1v) is 9.20. The van der Waals surface area contributed by atoms with Crippen molar-refractivity contribution >= 4 is 5.91 Å². The summed E-state index contributed by atoms with van der Waals surface area (Å²) < 4.78 is 15.4. The molecule has 1 aromatic heterocycles. The number of aromatic nitrogens is 2. The van der Waals surface area contributed by atoms with Crippen LogP contribution in [0, 0.1) is 19.7 Å². The van der Waals surface area contributed by atoms with Gasteiger partial charge in [0.25, 0.3) is 5.91 Å². The number of hydrogen-bond acceptors (Lipinski definition) is 3. The van der Waals surface area contributed by atoms with E-state index in [-0.39, 0.29) is 17.8 Å². The highest BCUT2D eigenvalue weighted by Crippen LogP contribution is 2.20. The zero-order valence-electron chi connectivity index (χ0n) is 16.6. The van der Waals surface area contributed by atoms with Crippen molar-refractivity contribution < 1.29 is 9.18 Å². The molecule has 2 aromatic carbocycles. The topological polar surface area (TPSA) is 50.2 Å². The third-order valence-corrected chi connectivity index (χ3v) is 4.83. The predicted octanol–water partition coefficient (Wildman–Crippen LogP) is 3.66. The summed E-state index contributed by atoms with van der Waals surface area (Å²) >= 11 is 0. The van der Waals surface area contributed by atoms with Gasteiger partial charge in [-0.15, -0.1) is 0 Å². The molecule has 0 aliphatic heterocycles. The van der Waals surface area contributed by atoms with Gasteiger partial charge in [-0.25, -0.2) is 9.07 Å². The third kappa shape index (κ3) is 4.12. The van der Waals surface area contributed by atoms with Crippen LogP contribution in [0.4, 0.5) is 4.39 Å². The molecule has 0 radical (unpaired) electrons. The fraction of sp³-hybridized carbons (Fsp3) is 0.273. The van der Waals surface area contributed by atoms with Crippen LogP contribution < -0.4 is 5.32 Å². The lowest BCUT2D eigenvalue weighted by Gasteiger charge is -2.25. The maximum absolute atomic E-state index is 13.6. The average molecular weight is 380 g/mol. The van der Waals surface area contributed by atoms with Gasteiger partial charge >= 0.3 is 0 Å². The molecule has 0 aliphatic carbocycles. The number of likely N-dealkylation sites (N-methyl/N-ethyl adjacent to an activating group) is 1. The molecule has 1 N–H and O–H groups in total. The van der Waals surface area contributed by atoms with Crippen molar-refractivity contribution in [3.63, 3.8) is 0 Å². The van der Waals surface area contributed by atoms with Crippen LogP contribution in [0.1, 0.15) is 33.4 Å². The molecule has 28 heavy (non-hydrogen) atoms. The van der Waals surface area contributed by atoms with Crippen molar-refractivity contribution in [1.82, 2.24) is 20.0 Å². The Labute approximate surface area is 164 Å². The summed E-state index contributed by atoms with van der Waals surface area (Å²) in [7, 11) is 3.82. The van der Waals surface area contributed by atoms with Crippen LogP contribution in [0.25, 0.3) is 5.69 Å². The molecule has 1 heterocycles. The number of hydrogen-bond donors (Lipinski definition) is 1. The van der Waals surface area contributed by atoms with Gasteiger partial charge < -0.3 is 10.2 Å². The fourth-order valence-corrected chi connectivity index (χ4v) is 3.38. The Hall–Kier alpha value is -2.99. The Morgan fingerprint density at radius 2 is 1.86 bits per heavy atom. The molecule has 1 unspecified atom stereocenters. The lowest BCUT2D eigenvalue weighted by Crippen LogP contribution is -2.35. The molecular weight excluding hydrogens is 355 g/mol. The Balaban J connectivity index is 1.80. The van der Waals surface area contributed by atoms with Crippen LogP contribution in [-0.4, -0.2) is 41.2 Å². The van der Waals surface area contributed by atoms with E-state index in [1.807, 2.05) is 69.2 Å². The van der Waals surface area contributed by atoms with Gasteiger partial charge in [0.05, 0.1) is 28.7 Å². The van der Waals surface area contributed by atoms with Crippen LogP contribution in [-0.2, 0) is 0 Å². The van der Waals surface area contributed by atoms with Crippen molar-refractivity contribution in [3.8, 4) is 5.69 Å². The monoisotopic (exact) mass is 380 g/mol. The zero-order valence-corrected chi connectivity index (χ0v) is 16.6. The smallest absolute Gasteiger partial charge is 0.255 e. The zero-order chi connectivity index (χ0) is 20.3. The molecule has 3 rings (SSSR count). The van der Waals surface area contributed by atoms with Gasteiger partial charge in [-0.2, -0.15) is 5.10 Å². The highest BCUT2D eigenvalue weighted by Gasteiger charge is 2.21. The molecule has 0 saturated heterocycles. The van der Waals surface area contributed by atoms with E-state index in [1.54, 1.807) is 10.7 Å². The number of halogens is 1. The lowest BCUT2D eigenvalue weighted by molar-refractivity contribution is 0.0940. The third-order valence-electron chi connectivity index (χ3n) is 4.83. The molecule has 0 spiro atoms. The maximum Gasteiger partial charge on any atom is 0.255 e. The van der Waals surface area contributed by atoms with Crippen LogP contribution in [0.5, 0.6) is 0 Å². The number of nitrogens with zero attached hydrogens (tertiary/aromatic N) is 3. The minimum atomic E-state index is -0.286. The largest absolute Gasteiger partial charge is 0.350 e. The van der Waals surface area contributed by atoms with Gasteiger partial charge in [0.1, 0.15) is 5.82 Å². The van der Waals surface area contributed by atoms with E-state index in [1.165, 1.54) is 12.1 Å². The number of amides is 1. The summed E-state index contributed by atoms with van der Waals surface area (Å²) in [6, 6.07) is 16.0. The lowest BCUT2D eigenvalue weighted by atomic mass is 10.1. The second-order valence-corrected chi connectivity index (χ2v) is 7.04. The van der Waals surface area contributed by atoms with Gasteiger partial charge in [-0.05, 0) is 57.8 Å². The molecule has 3 aromatic rings. The van der Waals surface area contributed by atoms with Gasteiger partial charge in [0.2, 0.25) is 0 Å². The van der Waals surface area contributed by atoms with Crippen LogP contribution >= 0.6 is 0 Å². The van der Waals surface area contributed by atoms with Crippen molar-refractivity contribution in [2.45, 2.75) is 19.9 Å². The van der Waals surface area contributed by atoms with E-state index in [0.717, 1.165) is 16.9 Å². The van der Waals surface area contributed by atoms with Crippen LogP contribution in [0.15, 0.2) is 54.6 Å². The number of carbonyl (C=O) groups is 1. The number of nitrogens with one attached hydrogen (secondary N) is 1. The number of benzene rings is 2. The molecule has 1 atom stereocenters. The van der Waals surface area contributed by atoms with Gasteiger partial charge in [0.15, 0.2) is 0 Å². The summed E-state index contributed by atoms with van der Waals surface area (Å²) in [5.41, 5.74) is 3.76. The maximum atomic E-state index is 13.6. The number of para-hydroxylation sites is 1. The summed E-state index contributed by atoms with van der Waals surface area (Å²) in [6.45, 7) is 4.08. The van der Waals surface area contributed by atoms with E-state index in [2.05, 4.69) is 10.4 Å². The van der Waals surface area contributed by atoms with E-state index >= 15 is 0 Å². The molecule has 6 heteroatoms. The van der Waals surface area contributed by atoms with Gasteiger partial charge in [-0.3, -0.25) is 4.79 Å². The van der Waals surface area contributed by atoms with Gasteiger partial charge in [0, 0.05) is 6.54 Å². The van der Waals surface area contributed by atoms with Crippen LogP contribution in [0.3, 0.4) is 0 Å². The molecule has 0 aliphatic rings. The fourth-order valence-electron chi connectivity index (χ4n) is 3.38. The first-order chi connectivity index (χ1) is 13.4. The van der Waals surface area contributed by atoms with Crippen LogP contribution in [0.2, 0.25) is 0 Å². The highest BCUT2D eigenvalue weighted by atomic mass is 19.1. The van der Waals surface area contributed by atoms with Crippen molar-refractivity contribution in [1.29, 1.82) is 0 Å². The Morgan fingerprint density at radius 1 is 1.14 bits per heavy atom. The van der Waals surface area contributed by atoms with Crippen molar-refractivity contribution in [2.75, 3.05) is 20.6 Å². The molecule has 0 saturated carbocycles. The normalized spacial score (nSPS) is 12.2. The van der Waals surface area contributed by atoms with E-state index < -0.39 is 0 Å². The minimum absolute atomic E-state index is 0.135. The molecule has 5 nitrogen and oxygen atoms in total. The Kier molecular flexibility index (Phi) is 5.90. The van der Waals surface area contributed by atoms with E-state index in [9.17, 15) is 9.18 Å². The first kappa shape index (κ1) is 19.8. The predicted molar refractivity (Wildman–Crippen MR) is 108 cm³/mol. The second-order valence-electron chi connectivity index (χ2n) is 7.04. The van der Waals surface area contributed by atoms with Crippen molar-refractivity contribution in [2.24, 2.45) is 0 Å². The molecule has 146 valence electrons. The van der Waals surface area contributed by atoms with E-state index in [4.69, 9.17) is 0 Å². The Morgan fingerprint density at radius 3 is 2.50 bits per heavy atom. The number of aryl methyl sites for hydroxylation is 1. The number of rotatable bonds is 6. The summed E-state index contributed by atoms with van der Waals surface area (Å²) in [5.74, 6) is -0.466. The molecular formula is C22H25FN4O. The quantitative estimate of drug-likeness (QED) is 0.710. The SMILES string of the molecule is Cc1nn(-c2ccccc2)c(C)c1C(=O)NCC(c1cccc(F)c1)N(C)C. The summed E-state index contributed by atoms with van der Waals surface area (Å²) in [4.78, 5) is 14.9. The first-order valence-electron chi connectivity index (χ1n) is 9.20. The molecule has 0 bridgehead atoms.